The molecule has 0 saturated carbocycles. The van der Waals surface area contributed by atoms with Crippen molar-refractivity contribution in [2.45, 2.75) is 92.9 Å². The zero-order valence-electron chi connectivity index (χ0n) is 19.9. The smallest absolute Gasteiger partial charge is 0.328 e. The van der Waals surface area contributed by atoms with E-state index in [-0.39, 0.29) is 10.8 Å². The number of carbonyl (C=O) groups is 1. The van der Waals surface area contributed by atoms with E-state index in [2.05, 4.69) is 59.8 Å². The van der Waals surface area contributed by atoms with Gasteiger partial charge in [-0.2, -0.15) is 0 Å². The monoisotopic (exact) mass is 408 g/mol. The molecule has 0 aromatic carbocycles. The second-order valence-corrected chi connectivity index (χ2v) is 11.1. The molecular weight excluding hydrogens is 368 g/mol. The summed E-state index contributed by atoms with van der Waals surface area (Å²) in [7, 11) is 0. The number of carboxylic acid groups (broad SMARTS) is 1. The fourth-order valence-electron chi connectivity index (χ4n) is 6.32. The SMILES string of the molecule is CC1=C(/C=C/C2=CC(=C\C(=O)O)/CC(C3=C(C)CCCC3(C)C)C2)C(C)(C)CCC1. The van der Waals surface area contributed by atoms with Crippen molar-refractivity contribution in [2.24, 2.45) is 16.7 Å². The lowest BCUT2D eigenvalue weighted by Gasteiger charge is -2.41. The van der Waals surface area contributed by atoms with E-state index in [9.17, 15) is 9.90 Å². The van der Waals surface area contributed by atoms with Crippen molar-refractivity contribution in [3.8, 4) is 0 Å². The topological polar surface area (TPSA) is 37.3 Å². The average molecular weight is 409 g/mol. The number of carboxylic acids is 1. The molecule has 0 aliphatic heterocycles. The third kappa shape index (κ3) is 5.07. The van der Waals surface area contributed by atoms with Gasteiger partial charge in [-0.25, -0.2) is 4.79 Å². The summed E-state index contributed by atoms with van der Waals surface area (Å²) in [6.45, 7) is 14.0. The zero-order valence-corrected chi connectivity index (χ0v) is 19.9. The van der Waals surface area contributed by atoms with E-state index in [1.807, 2.05) is 0 Å². The predicted molar refractivity (Wildman–Crippen MR) is 126 cm³/mol. The van der Waals surface area contributed by atoms with Gasteiger partial charge in [0, 0.05) is 6.08 Å². The molecule has 30 heavy (non-hydrogen) atoms. The van der Waals surface area contributed by atoms with Crippen molar-refractivity contribution in [1.82, 2.24) is 0 Å². The number of rotatable bonds is 4. The van der Waals surface area contributed by atoms with Crippen LogP contribution in [0.15, 0.2) is 57.7 Å². The fraction of sp³-hybridized carbons (Fsp3) is 0.607. The maximum absolute atomic E-state index is 11.4. The van der Waals surface area contributed by atoms with Gasteiger partial charge in [0.1, 0.15) is 0 Å². The Labute approximate surface area is 183 Å². The molecule has 3 aliphatic rings. The molecule has 3 rings (SSSR count). The second kappa shape index (κ2) is 8.73. The Kier molecular flexibility index (Phi) is 6.65. The molecule has 0 aromatic heterocycles. The van der Waals surface area contributed by atoms with Crippen molar-refractivity contribution in [2.75, 3.05) is 0 Å². The molecule has 0 saturated heterocycles. The lowest BCUT2D eigenvalue weighted by atomic mass is 9.64. The van der Waals surface area contributed by atoms with Crippen molar-refractivity contribution in [1.29, 1.82) is 0 Å². The molecule has 1 atom stereocenters. The lowest BCUT2D eigenvalue weighted by Crippen LogP contribution is -2.27. The maximum Gasteiger partial charge on any atom is 0.328 e. The third-order valence-corrected chi connectivity index (χ3v) is 7.60. The Balaban J connectivity index is 1.96. The molecule has 2 nitrogen and oxygen atoms in total. The first kappa shape index (κ1) is 22.8. The highest BCUT2D eigenvalue weighted by Gasteiger charge is 2.35. The van der Waals surface area contributed by atoms with Crippen molar-refractivity contribution < 1.29 is 9.90 Å². The van der Waals surface area contributed by atoms with E-state index in [0.717, 1.165) is 18.4 Å². The van der Waals surface area contributed by atoms with E-state index < -0.39 is 5.97 Å². The molecule has 0 amide bonds. The van der Waals surface area contributed by atoms with Crippen molar-refractivity contribution in [3.05, 3.63) is 57.7 Å². The largest absolute Gasteiger partial charge is 0.478 e. The van der Waals surface area contributed by atoms with Gasteiger partial charge in [0.2, 0.25) is 0 Å². The van der Waals surface area contributed by atoms with Crippen LogP contribution < -0.4 is 0 Å². The van der Waals surface area contributed by atoms with E-state index >= 15 is 0 Å². The van der Waals surface area contributed by atoms with Gasteiger partial charge < -0.3 is 5.11 Å². The zero-order chi connectivity index (χ0) is 22.1. The summed E-state index contributed by atoms with van der Waals surface area (Å²) in [5, 5.41) is 9.40. The first-order chi connectivity index (χ1) is 14.0. The minimum Gasteiger partial charge on any atom is -0.478 e. The average Bonchev–Trinajstić information content (AvgIpc) is 2.59. The molecule has 0 bridgehead atoms. The van der Waals surface area contributed by atoms with Crippen molar-refractivity contribution in [3.63, 3.8) is 0 Å². The Bertz CT molecular complexity index is 855. The highest BCUT2D eigenvalue weighted by Crippen LogP contribution is 2.49. The standard InChI is InChI=1S/C28H40O2/c1-19-9-7-13-27(3,4)24(19)12-11-21-15-22(18-25(29)30)17-23(16-21)26-20(2)10-8-14-28(26,5)6/h11-12,15,18,23H,7-10,13-14,16-17H2,1-6H3,(H,29,30)/b12-11+,22-18+. The van der Waals surface area contributed by atoms with Crippen LogP contribution in [0.5, 0.6) is 0 Å². The van der Waals surface area contributed by atoms with Crippen molar-refractivity contribution >= 4 is 5.97 Å². The Hall–Kier alpha value is -1.83. The molecule has 0 fully saturated rings. The third-order valence-electron chi connectivity index (χ3n) is 7.60. The van der Waals surface area contributed by atoms with Gasteiger partial charge in [-0.15, -0.1) is 0 Å². The number of aliphatic carboxylic acids is 1. The lowest BCUT2D eigenvalue weighted by molar-refractivity contribution is -0.131. The van der Waals surface area contributed by atoms with Gasteiger partial charge in [-0.05, 0) is 98.7 Å². The quantitative estimate of drug-likeness (QED) is 0.378. The minimum atomic E-state index is -0.842. The van der Waals surface area contributed by atoms with E-state index in [0.29, 0.717) is 5.92 Å². The van der Waals surface area contributed by atoms with Crippen LogP contribution in [0.1, 0.15) is 92.9 Å². The summed E-state index contributed by atoms with van der Waals surface area (Å²) in [5.41, 5.74) is 8.73. The summed E-state index contributed by atoms with van der Waals surface area (Å²) in [6.07, 6.45) is 17.4. The molecule has 0 aromatic rings. The molecule has 3 aliphatic carbocycles. The molecule has 0 heterocycles. The van der Waals surface area contributed by atoms with Crippen LogP contribution >= 0.6 is 0 Å². The van der Waals surface area contributed by atoms with Crippen LogP contribution in [0.3, 0.4) is 0 Å². The van der Waals surface area contributed by atoms with Crippen LogP contribution in [0, 0.1) is 16.7 Å². The summed E-state index contributed by atoms with van der Waals surface area (Å²) in [6, 6.07) is 0. The van der Waals surface area contributed by atoms with Gasteiger partial charge in [-0.3, -0.25) is 0 Å². The Morgan fingerprint density at radius 3 is 2.20 bits per heavy atom. The molecular formula is C28H40O2. The normalized spacial score (nSPS) is 28.3. The highest BCUT2D eigenvalue weighted by molar-refractivity contribution is 5.81. The van der Waals surface area contributed by atoms with Crippen LogP contribution in [0.4, 0.5) is 0 Å². The van der Waals surface area contributed by atoms with E-state index in [4.69, 9.17) is 0 Å². The first-order valence-corrected chi connectivity index (χ1v) is 11.7. The van der Waals surface area contributed by atoms with E-state index in [1.54, 1.807) is 5.57 Å². The highest BCUT2D eigenvalue weighted by atomic mass is 16.4. The molecule has 1 N–H and O–H groups in total. The molecule has 164 valence electrons. The van der Waals surface area contributed by atoms with Crippen LogP contribution in [0.2, 0.25) is 0 Å². The molecule has 0 spiro atoms. The van der Waals surface area contributed by atoms with Crippen LogP contribution in [-0.4, -0.2) is 11.1 Å². The maximum atomic E-state index is 11.4. The minimum absolute atomic E-state index is 0.206. The number of allylic oxidation sites excluding steroid dienone is 9. The predicted octanol–water partition coefficient (Wildman–Crippen LogP) is 7.94. The summed E-state index contributed by atoms with van der Waals surface area (Å²) >= 11 is 0. The molecule has 2 heteroatoms. The van der Waals surface area contributed by atoms with Gasteiger partial charge in [0.05, 0.1) is 0 Å². The molecule has 1 unspecified atom stereocenters. The second-order valence-electron chi connectivity index (χ2n) is 11.1. The Morgan fingerprint density at radius 1 is 0.967 bits per heavy atom. The van der Waals surface area contributed by atoms with Gasteiger partial charge in [0.25, 0.3) is 0 Å². The summed E-state index contributed by atoms with van der Waals surface area (Å²) in [5.74, 6) is -0.434. The summed E-state index contributed by atoms with van der Waals surface area (Å²) < 4.78 is 0. The van der Waals surface area contributed by atoms with Gasteiger partial charge in [-0.1, -0.05) is 62.6 Å². The Morgan fingerprint density at radius 2 is 1.60 bits per heavy atom. The fourth-order valence-corrected chi connectivity index (χ4v) is 6.32. The molecule has 0 radical (unpaired) electrons. The first-order valence-electron chi connectivity index (χ1n) is 11.7. The van der Waals surface area contributed by atoms with E-state index in [1.165, 1.54) is 66.9 Å². The van der Waals surface area contributed by atoms with Gasteiger partial charge >= 0.3 is 5.97 Å². The van der Waals surface area contributed by atoms with Crippen LogP contribution in [-0.2, 0) is 4.79 Å². The van der Waals surface area contributed by atoms with Gasteiger partial charge in [0.15, 0.2) is 0 Å². The number of hydrogen-bond acceptors (Lipinski definition) is 1. The number of hydrogen-bond donors (Lipinski definition) is 1. The summed E-state index contributed by atoms with van der Waals surface area (Å²) in [4.78, 5) is 11.4. The van der Waals surface area contributed by atoms with Crippen LogP contribution in [0.25, 0.3) is 0 Å².